The van der Waals surface area contributed by atoms with Crippen LogP contribution < -0.4 is 5.32 Å². The number of carbonyl (C=O) groups is 2. The Hall–Kier alpha value is -2.60. The van der Waals surface area contributed by atoms with Crippen molar-refractivity contribution in [3.05, 3.63) is 18.5 Å². The third-order valence-corrected chi connectivity index (χ3v) is 5.19. The Morgan fingerprint density at radius 3 is 2.28 bits per heavy atom. The fourth-order valence-electron chi connectivity index (χ4n) is 3.49. The number of hydrogen-bond acceptors (Lipinski definition) is 5. The molecule has 3 rings (SSSR count). The molecule has 0 radical (unpaired) electrons. The minimum absolute atomic E-state index is 0.0954. The highest BCUT2D eigenvalue weighted by Crippen LogP contribution is 2.59. The van der Waals surface area contributed by atoms with E-state index in [4.69, 9.17) is 0 Å². The number of hydrogen-bond donors (Lipinski definition) is 1. The molecule has 1 aliphatic carbocycles. The zero-order chi connectivity index (χ0) is 21.4. The monoisotopic (exact) mass is 426 g/mol. The average Bonchev–Trinajstić information content (AvgIpc) is 3.32. The van der Waals surface area contributed by atoms with Gasteiger partial charge in [0.15, 0.2) is 0 Å². The molecule has 2 amide bonds. The van der Waals surface area contributed by atoms with E-state index in [-0.39, 0.29) is 37.8 Å². The quantitative estimate of drug-likeness (QED) is 0.751. The molecule has 1 unspecified atom stereocenters. The first kappa shape index (κ1) is 21.1. The number of rotatable bonds is 3. The molecule has 29 heavy (non-hydrogen) atoms. The van der Waals surface area contributed by atoms with Crippen LogP contribution in [0.1, 0.15) is 19.3 Å². The molecule has 0 bridgehead atoms. The first-order valence-electron chi connectivity index (χ1n) is 8.59. The van der Waals surface area contributed by atoms with Crippen LogP contribution in [0, 0.1) is 11.3 Å². The van der Waals surface area contributed by atoms with Crippen LogP contribution in [-0.4, -0.2) is 58.6 Å². The number of anilines is 1. The van der Waals surface area contributed by atoms with Gasteiger partial charge in [-0.15, -0.1) is 0 Å². The van der Waals surface area contributed by atoms with Crippen molar-refractivity contribution in [2.75, 3.05) is 18.4 Å². The summed E-state index contributed by atoms with van der Waals surface area (Å²) >= 11 is 0. The number of aromatic nitrogens is 2. The van der Waals surface area contributed by atoms with Crippen molar-refractivity contribution in [1.29, 1.82) is 0 Å². The van der Waals surface area contributed by atoms with Crippen molar-refractivity contribution >= 4 is 17.7 Å². The first-order chi connectivity index (χ1) is 13.4. The second-order valence-corrected chi connectivity index (χ2v) is 7.07. The van der Waals surface area contributed by atoms with Crippen molar-refractivity contribution in [2.45, 2.75) is 37.7 Å². The molecule has 2 heterocycles. The normalized spacial score (nSPS) is 21.2. The molecule has 1 aromatic rings. The Bertz CT molecular complexity index is 748. The van der Waals surface area contributed by atoms with E-state index in [0.29, 0.717) is 12.1 Å². The van der Waals surface area contributed by atoms with Gasteiger partial charge in [-0.1, -0.05) is 0 Å². The Kier molecular flexibility index (Phi) is 5.34. The molecule has 1 atom stereocenters. The van der Waals surface area contributed by atoms with Gasteiger partial charge in [0.2, 0.25) is 5.91 Å². The van der Waals surface area contributed by atoms with Crippen LogP contribution in [0.5, 0.6) is 0 Å². The van der Waals surface area contributed by atoms with Gasteiger partial charge in [-0.05, 0) is 30.7 Å². The van der Waals surface area contributed by atoms with E-state index in [1.165, 1.54) is 12.4 Å². The Balaban J connectivity index is 1.53. The second kappa shape index (κ2) is 7.34. The summed E-state index contributed by atoms with van der Waals surface area (Å²) in [7, 11) is 0. The van der Waals surface area contributed by atoms with E-state index in [0.717, 1.165) is 4.90 Å². The first-order valence-corrected chi connectivity index (χ1v) is 8.59. The highest BCUT2D eigenvalue weighted by atomic mass is 19.4. The fraction of sp³-hybridized carbons (Fsp3) is 0.625. The topological polar surface area (TPSA) is 84.4 Å². The van der Waals surface area contributed by atoms with Gasteiger partial charge in [0, 0.05) is 19.0 Å². The summed E-state index contributed by atoms with van der Waals surface area (Å²) in [4.78, 5) is 24.9. The summed E-state index contributed by atoms with van der Waals surface area (Å²) in [5.74, 6) is -0.616. The van der Waals surface area contributed by atoms with Crippen LogP contribution >= 0.6 is 0 Å². The van der Waals surface area contributed by atoms with Crippen molar-refractivity contribution in [1.82, 2.24) is 15.1 Å². The van der Waals surface area contributed by atoms with Gasteiger partial charge < -0.3 is 15.0 Å². The summed E-state index contributed by atoms with van der Waals surface area (Å²) in [6.07, 6.45) is -13.5. The van der Waals surface area contributed by atoms with Gasteiger partial charge in [-0.3, -0.25) is 4.79 Å². The van der Waals surface area contributed by atoms with Crippen LogP contribution in [0.15, 0.2) is 18.5 Å². The average molecular weight is 426 g/mol. The number of nitrogens with zero attached hydrogens (tertiary/aromatic N) is 3. The van der Waals surface area contributed by atoms with Crippen LogP contribution in [-0.2, 0) is 9.53 Å². The molecule has 2 aliphatic rings. The predicted octanol–water partition coefficient (Wildman–Crippen LogP) is 3.15. The van der Waals surface area contributed by atoms with Crippen molar-refractivity contribution in [3.8, 4) is 0 Å². The molecule has 160 valence electrons. The Labute approximate surface area is 160 Å². The molecule has 1 N–H and O–H groups in total. The Morgan fingerprint density at radius 1 is 1.14 bits per heavy atom. The van der Waals surface area contributed by atoms with E-state index in [1.54, 1.807) is 6.07 Å². The molecule has 2 fully saturated rings. The number of carbonyl (C=O) groups excluding carboxylic acids is 2. The third kappa shape index (κ3) is 4.70. The zero-order valence-corrected chi connectivity index (χ0v) is 14.8. The number of ether oxygens (including phenoxy) is 1. The number of piperidine rings is 1. The molecule has 1 aromatic heterocycles. The summed E-state index contributed by atoms with van der Waals surface area (Å²) in [5.41, 5.74) is 0.0350. The smallest absolute Gasteiger partial charge is 0.426 e. The highest BCUT2D eigenvalue weighted by Gasteiger charge is 2.61. The van der Waals surface area contributed by atoms with E-state index in [1.807, 2.05) is 0 Å². The van der Waals surface area contributed by atoms with Crippen LogP contribution in [0.3, 0.4) is 0 Å². The number of amides is 2. The van der Waals surface area contributed by atoms with Gasteiger partial charge in [0.05, 0.1) is 18.1 Å². The fourth-order valence-corrected chi connectivity index (χ4v) is 3.49. The number of alkyl halides is 6. The predicted molar refractivity (Wildman–Crippen MR) is 84.4 cm³/mol. The van der Waals surface area contributed by atoms with Crippen molar-refractivity contribution in [3.63, 3.8) is 0 Å². The third-order valence-electron chi connectivity index (χ3n) is 5.19. The largest absolute Gasteiger partial charge is 0.434 e. The summed E-state index contributed by atoms with van der Waals surface area (Å²) in [5, 5.41) is 9.88. The molecule has 1 saturated heterocycles. The highest BCUT2D eigenvalue weighted by molar-refractivity contribution is 5.95. The van der Waals surface area contributed by atoms with E-state index >= 15 is 0 Å². The zero-order valence-electron chi connectivity index (χ0n) is 14.8. The minimum atomic E-state index is -5.76. The van der Waals surface area contributed by atoms with Gasteiger partial charge in [0.1, 0.15) is 0 Å². The Morgan fingerprint density at radius 2 is 1.76 bits per heavy atom. The number of nitrogens with one attached hydrogen (secondary N) is 1. The number of likely N-dealkylation sites (tertiary alicyclic amines) is 1. The van der Waals surface area contributed by atoms with E-state index in [9.17, 15) is 35.9 Å². The van der Waals surface area contributed by atoms with E-state index in [2.05, 4.69) is 20.3 Å². The maximum Gasteiger partial charge on any atom is 0.434 e. The minimum Gasteiger partial charge on any atom is -0.426 e. The molecule has 1 saturated carbocycles. The molecule has 13 heteroatoms. The standard InChI is InChI=1S/C16H16F6N4O3/c17-15(18,19)12(16(20,21)22)29-13(28)26-5-2-14(3-6-26)7-10(14)11(27)25-9-1-4-23-24-8-9/h1,4,8,10,12H,2-3,5-7H2,(H,23,25,27). The van der Waals surface area contributed by atoms with Gasteiger partial charge in [-0.25, -0.2) is 4.79 Å². The van der Waals surface area contributed by atoms with Crippen LogP contribution in [0.25, 0.3) is 0 Å². The molecule has 1 spiro atoms. The van der Waals surface area contributed by atoms with Crippen molar-refractivity contribution < 1.29 is 40.7 Å². The van der Waals surface area contributed by atoms with Crippen LogP contribution in [0.4, 0.5) is 36.8 Å². The lowest BCUT2D eigenvalue weighted by Crippen LogP contribution is -2.49. The van der Waals surface area contributed by atoms with E-state index < -0.39 is 30.0 Å². The molecule has 1 aliphatic heterocycles. The number of halogens is 6. The molecule has 0 aromatic carbocycles. The second-order valence-electron chi connectivity index (χ2n) is 7.07. The summed E-state index contributed by atoms with van der Waals surface area (Å²) in [6.45, 7) is -0.191. The lowest BCUT2D eigenvalue weighted by Gasteiger charge is -2.33. The van der Waals surface area contributed by atoms with Crippen molar-refractivity contribution in [2.24, 2.45) is 11.3 Å². The summed E-state index contributed by atoms with van der Waals surface area (Å²) in [6, 6.07) is 1.55. The molecule has 7 nitrogen and oxygen atoms in total. The van der Waals surface area contributed by atoms with Gasteiger partial charge >= 0.3 is 18.4 Å². The lowest BCUT2D eigenvalue weighted by atomic mass is 9.91. The molecular formula is C16H16F6N4O3. The SMILES string of the molecule is O=C(Nc1ccnnc1)C1CC12CCN(C(=O)OC(C(F)(F)F)C(F)(F)F)CC2. The summed E-state index contributed by atoms with van der Waals surface area (Å²) < 4.78 is 78.9. The lowest BCUT2D eigenvalue weighted by molar-refractivity contribution is -0.308. The van der Waals surface area contributed by atoms with Gasteiger partial charge in [-0.2, -0.15) is 36.5 Å². The molecular weight excluding hydrogens is 410 g/mol. The maximum atomic E-state index is 12.5. The van der Waals surface area contributed by atoms with Crippen LogP contribution in [0.2, 0.25) is 0 Å². The van der Waals surface area contributed by atoms with Gasteiger partial charge in [0.25, 0.3) is 6.10 Å². The maximum absolute atomic E-state index is 12.5.